The van der Waals surface area contributed by atoms with Gasteiger partial charge in [0.25, 0.3) is 0 Å². The summed E-state index contributed by atoms with van der Waals surface area (Å²) in [5.74, 6) is 1.75. The summed E-state index contributed by atoms with van der Waals surface area (Å²) >= 11 is 0. The number of hydrogen-bond acceptors (Lipinski definition) is 3. The molecule has 0 spiro atoms. The average Bonchev–Trinajstić information content (AvgIpc) is 2.26. The van der Waals surface area contributed by atoms with E-state index in [1.807, 2.05) is 7.05 Å². The lowest BCUT2D eigenvalue weighted by Crippen LogP contribution is -2.53. The summed E-state index contributed by atoms with van der Waals surface area (Å²) < 4.78 is 6.25. The molecule has 0 aromatic heterocycles. The first kappa shape index (κ1) is 12.2. The van der Waals surface area contributed by atoms with Gasteiger partial charge in [-0.1, -0.05) is 13.8 Å². The molecule has 2 aliphatic carbocycles. The van der Waals surface area contributed by atoms with Crippen molar-refractivity contribution in [3.8, 4) is 0 Å². The molecule has 1 fully saturated rings. The van der Waals surface area contributed by atoms with E-state index in [1.54, 1.807) is 0 Å². The first-order valence-corrected chi connectivity index (χ1v) is 7.09. The van der Waals surface area contributed by atoms with Crippen molar-refractivity contribution in [3.63, 3.8) is 0 Å². The maximum absolute atomic E-state index is 12.4. The molecule has 1 N–H and O–H groups in total. The molecular formula is C15H23NO2. The predicted octanol–water partition coefficient (Wildman–Crippen LogP) is 2.77. The first-order valence-electron chi connectivity index (χ1n) is 7.09. The number of fused-ring (bicyclic) bond motifs is 3. The lowest BCUT2D eigenvalue weighted by Gasteiger charge is -2.49. The van der Waals surface area contributed by atoms with E-state index < -0.39 is 0 Å². The minimum absolute atomic E-state index is 0.0521. The number of hydrogen-bond donors (Lipinski definition) is 1. The van der Waals surface area contributed by atoms with Crippen molar-refractivity contribution in [2.45, 2.75) is 58.1 Å². The van der Waals surface area contributed by atoms with Gasteiger partial charge in [0, 0.05) is 31.3 Å². The highest BCUT2D eigenvalue weighted by Gasteiger charge is 2.48. The molecule has 3 aliphatic rings. The quantitative estimate of drug-likeness (QED) is 0.776. The summed E-state index contributed by atoms with van der Waals surface area (Å²) in [6, 6.07) is 0. The van der Waals surface area contributed by atoms with Crippen molar-refractivity contribution in [2.24, 2.45) is 11.3 Å². The van der Waals surface area contributed by atoms with E-state index in [-0.39, 0.29) is 11.1 Å². The number of carbonyl (C=O) groups excluding carboxylic acids is 1. The molecule has 2 bridgehead atoms. The van der Waals surface area contributed by atoms with Crippen molar-refractivity contribution in [2.75, 3.05) is 7.05 Å². The summed E-state index contributed by atoms with van der Waals surface area (Å²) in [4.78, 5) is 12.4. The maximum Gasteiger partial charge on any atom is 0.163 e. The van der Waals surface area contributed by atoms with Gasteiger partial charge in [0.15, 0.2) is 11.5 Å². The van der Waals surface area contributed by atoms with Crippen LogP contribution in [0.15, 0.2) is 11.3 Å². The van der Waals surface area contributed by atoms with E-state index in [1.165, 1.54) is 0 Å². The highest BCUT2D eigenvalue weighted by molar-refractivity contribution is 5.97. The molecule has 1 saturated carbocycles. The smallest absolute Gasteiger partial charge is 0.163 e. The topological polar surface area (TPSA) is 38.3 Å². The van der Waals surface area contributed by atoms with Crippen LogP contribution in [0.3, 0.4) is 0 Å². The number of ketones is 1. The number of allylic oxidation sites excluding steroid dienone is 2. The summed E-state index contributed by atoms with van der Waals surface area (Å²) in [5, 5.41) is 3.36. The lowest BCUT2D eigenvalue weighted by molar-refractivity contribution is -0.127. The van der Waals surface area contributed by atoms with Gasteiger partial charge < -0.3 is 4.74 Å². The third-order valence-corrected chi connectivity index (χ3v) is 4.77. The van der Waals surface area contributed by atoms with Crippen molar-refractivity contribution in [1.82, 2.24) is 5.32 Å². The molecule has 0 unspecified atom stereocenters. The molecule has 0 amide bonds. The molecule has 0 aromatic carbocycles. The monoisotopic (exact) mass is 249 g/mol. The zero-order chi connectivity index (χ0) is 13.0. The Morgan fingerprint density at radius 1 is 1.33 bits per heavy atom. The highest BCUT2D eigenvalue weighted by atomic mass is 16.5. The minimum Gasteiger partial charge on any atom is -0.477 e. The van der Waals surface area contributed by atoms with Gasteiger partial charge >= 0.3 is 0 Å². The fraction of sp³-hybridized carbons (Fsp3) is 0.800. The Bertz CT molecular complexity index is 424. The van der Waals surface area contributed by atoms with Crippen molar-refractivity contribution in [3.05, 3.63) is 11.3 Å². The third-order valence-electron chi connectivity index (χ3n) is 4.77. The van der Waals surface area contributed by atoms with Crippen LogP contribution in [0.5, 0.6) is 0 Å². The SMILES string of the molecule is CN[C@@]12CCC[C@@H](C1)C1=C(CC(C)(C)CC1=O)O2. The summed E-state index contributed by atoms with van der Waals surface area (Å²) in [6.45, 7) is 4.32. The van der Waals surface area contributed by atoms with Crippen molar-refractivity contribution in [1.29, 1.82) is 0 Å². The third kappa shape index (κ3) is 1.80. The van der Waals surface area contributed by atoms with Crippen LogP contribution in [0.2, 0.25) is 0 Å². The van der Waals surface area contributed by atoms with Crippen LogP contribution in [0, 0.1) is 11.3 Å². The molecule has 0 saturated heterocycles. The minimum atomic E-state index is -0.199. The Labute approximate surface area is 109 Å². The second-order valence-electron chi connectivity index (χ2n) is 6.92. The molecule has 1 aliphatic heterocycles. The van der Waals surface area contributed by atoms with Crippen LogP contribution in [-0.4, -0.2) is 18.6 Å². The Balaban J connectivity index is 2.01. The van der Waals surface area contributed by atoms with E-state index in [4.69, 9.17) is 4.74 Å². The van der Waals surface area contributed by atoms with Gasteiger partial charge in [0.05, 0.1) is 0 Å². The molecule has 100 valence electrons. The van der Waals surface area contributed by atoms with Gasteiger partial charge in [0.1, 0.15) is 5.76 Å². The van der Waals surface area contributed by atoms with E-state index in [2.05, 4.69) is 19.2 Å². The van der Waals surface area contributed by atoms with Crippen LogP contribution in [0.4, 0.5) is 0 Å². The largest absolute Gasteiger partial charge is 0.477 e. The van der Waals surface area contributed by atoms with Gasteiger partial charge in [-0.2, -0.15) is 0 Å². The Morgan fingerprint density at radius 2 is 2.11 bits per heavy atom. The predicted molar refractivity (Wildman–Crippen MR) is 69.9 cm³/mol. The van der Waals surface area contributed by atoms with E-state index in [9.17, 15) is 4.79 Å². The van der Waals surface area contributed by atoms with E-state index in [0.717, 1.165) is 43.4 Å². The average molecular weight is 249 g/mol. The molecule has 0 radical (unpaired) electrons. The number of Topliss-reactive ketones (excluding diaryl/α,β-unsaturated/α-hetero) is 1. The lowest BCUT2D eigenvalue weighted by atomic mass is 9.68. The van der Waals surface area contributed by atoms with Crippen LogP contribution < -0.4 is 5.32 Å². The second-order valence-corrected chi connectivity index (χ2v) is 6.92. The van der Waals surface area contributed by atoms with Crippen molar-refractivity contribution >= 4 is 5.78 Å². The van der Waals surface area contributed by atoms with Gasteiger partial charge in [0.2, 0.25) is 0 Å². The van der Waals surface area contributed by atoms with Crippen LogP contribution in [0.1, 0.15) is 52.4 Å². The molecule has 3 heteroatoms. The number of nitrogens with one attached hydrogen (secondary N) is 1. The maximum atomic E-state index is 12.4. The fourth-order valence-electron chi connectivity index (χ4n) is 3.91. The molecule has 3 rings (SSSR count). The number of carbonyl (C=O) groups is 1. The van der Waals surface area contributed by atoms with E-state index >= 15 is 0 Å². The normalized spacial score (nSPS) is 38.2. The van der Waals surface area contributed by atoms with Gasteiger partial charge in [-0.05, 0) is 31.2 Å². The molecule has 3 nitrogen and oxygen atoms in total. The van der Waals surface area contributed by atoms with Crippen LogP contribution in [0.25, 0.3) is 0 Å². The van der Waals surface area contributed by atoms with E-state index in [0.29, 0.717) is 18.1 Å². The summed E-state index contributed by atoms with van der Waals surface area (Å²) in [7, 11) is 1.98. The zero-order valence-electron chi connectivity index (χ0n) is 11.6. The van der Waals surface area contributed by atoms with Crippen LogP contribution >= 0.6 is 0 Å². The molecule has 18 heavy (non-hydrogen) atoms. The van der Waals surface area contributed by atoms with Crippen molar-refractivity contribution < 1.29 is 9.53 Å². The second kappa shape index (κ2) is 3.83. The Kier molecular flexibility index (Phi) is 2.60. The molecule has 0 aromatic rings. The van der Waals surface area contributed by atoms with Crippen LogP contribution in [-0.2, 0) is 9.53 Å². The van der Waals surface area contributed by atoms with Gasteiger partial charge in [-0.15, -0.1) is 0 Å². The molecular weight excluding hydrogens is 226 g/mol. The molecule has 1 heterocycles. The standard InChI is InChI=1S/C15H23NO2/c1-14(2)8-11(17)13-10-5-4-6-15(7-10,16-3)18-12(13)9-14/h10,16H,4-9H2,1-3H3/t10-,15+/m0/s1. The van der Waals surface area contributed by atoms with Gasteiger partial charge in [-0.3, -0.25) is 10.1 Å². The number of rotatable bonds is 1. The Morgan fingerprint density at radius 3 is 2.83 bits per heavy atom. The summed E-state index contributed by atoms with van der Waals surface area (Å²) in [6.07, 6.45) is 5.92. The first-order chi connectivity index (χ1) is 8.45. The number of ether oxygens (including phenoxy) is 1. The fourth-order valence-corrected chi connectivity index (χ4v) is 3.91. The van der Waals surface area contributed by atoms with Gasteiger partial charge in [-0.25, -0.2) is 0 Å². The Hall–Kier alpha value is -0.830. The highest BCUT2D eigenvalue weighted by Crippen LogP contribution is 2.50. The zero-order valence-corrected chi connectivity index (χ0v) is 11.6. The summed E-state index contributed by atoms with van der Waals surface area (Å²) in [5.41, 5.74) is 0.881. The molecule has 2 atom stereocenters.